The highest BCUT2D eigenvalue weighted by Crippen LogP contribution is 2.35. The molecular formula is C12H18N2O4S2. The molecule has 0 saturated carbocycles. The number of carbonyl (C=O) groups is 1. The van der Waals surface area contributed by atoms with Crippen LogP contribution in [0.3, 0.4) is 0 Å². The van der Waals surface area contributed by atoms with Gasteiger partial charge in [-0.25, -0.2) is 13.4 Å². The van der Waals surface area contributed by atoms with Gasteiger partial charge in [0.2, 0.25) is 0 Å². The second kappa shape index (κ2) is 5.42. The van der Waals surface area contributed by atoms with Gasteiger partial charge in [-0.2, -0.15) is 4.31 Å². The SMILES string of the molecule is CCC1C(C(=O)O)CCN1S(=O)(=O)c1sc(C)nc1C. The highest BCUT2D eigenvalue weighted by Gasteiger charge is 2.44. The van der Waals surface area contributed by atoms with Crippen LogP contribution in [0.1, 0.15) is 30.5 Å². The van der Waals surface area contributed by atoms with Gasteiger partial charge in [0.05, 0.1) is 16.6 Å². The number of aryl methyl sites for hydroxylation is 2. The van der Waals surface area contributed by atoms with E-state index < -0.39 is 28.0 Å². The molecule has 1 aromatic rings. The summed E-state index contributed by atoms with van der Waals surface area (Å²) >= 11 is 1.14. The molecule has 1 aromatic heterocycles. The Bertz CT molecular complexity index is 623. The Morgan fingerprint density at radius 1 is 1.50 bits per heavy atom. The number of hydrogen-bond donors (Lipinski definition) is 1. The van der Waals surface area contributed by atoms with E-state index in [1.807, 2.05) is 6.92 Å². The van der Waals surface area contributed by atoms with E-state index in [4.69, 9.17) is 0 Å². The number of carboxylic acid groups (broad SMARTS) is 1. The molecule has 1 saturated heterocycles. The number of aliphatic carboxylic acids is 1. The topological polar surface area (TPSA) is 87.6 Å². The van der Waals surface area contributed by atoms with Gasteiger partial charge < -0.3 is 5.11 Å². The Kier molecular flexibility index (Phi) is 4.17. The highest BCUT2D eigenvalue weighted by atomic mass is 32.2. The quantitative estimate of drug-likeness (QED) is 0.911. The summed E-state index contributed by atoms with van der Waals surface area (Å²) in [6.07, 6.45) is 0.858. The number of thiazole rings is 1. The van der Waals surface area contributed by atoms with Crippen molar-refractivity contribution in [3.05, 3.63) is 10.7 Å². The molecule has 2 rings (SSSR count). The molecular weight excluding hydrogens is 300 g/mol. The molecule has 0 aromatic carbocycles. The molecule has 0 aliphatic carbocycles. The van der Waals surface area contributed by atoms with Gasteiger partial charge in [-0.15, -0.1) is 11.3 Å². The van der Waals surface area contributed by atoms with Crippen molar-refractivity contribution < 1.29 is 18.3 Å². The van der Waals surface area contributed by atoms with Crippen molar-refractivity contribution >= 4 is 27.3 Å². The van der Waals surface area contributed by atoms with Crippen LogP contribution in [0.4, 0.5) is 0 Å². The Morgan fingerprint density at radius 2 is 2.15 bits per heavy atom. The zero-order chi connectivity index (χ0) is 15.1. The lowest BCUT2D eigenvalue weighted by atomic mass is 9.99. The molecule has 20 heavy (non-hydrogen) atoms. The summed E-state index contributed by atoms with van der Waals surface area (Å²) in [6, 6.07) is -0.473. The smallest absolute Gasteiger partial charge is 0.308 e. The maximum absolute atomic E-state index is 12.7. The van der Waals surface area contributed by atoms with E-state index in [1.54, 1.807) is 13.8 Å². The zero-order valence-corrected chi connectivity index (χ0v) is 13.3. The van der Waals surface area contributed by atoms with Crippen molar-refractivity contribution in [3.63, 3.8) is 0 Å². The number of aromatic nitrogens is 1. The number of sulfonamides is 1. The van der Waals surface area contributed by atoms with Crippen LogP contribution in [-0.2, 0) is 14.8 Å². The lowest BCUT2D eigenvalue weighted by molar-refractivity contribution is -0.142. The third-order valence-electron chi connectivity index (χ3n) is 3.63. The lowest BCUT2D eigenvalue weighted by Gasteiger charge is -2.24. The highest BCUT2D eigenvalue weighted by molar-refractivity contribution is 7.91. The first kappa shape index (κ1) is 15.4. The molecule has 0 spiro atoms. The van der Waals surface area contributed by atoms with Gasteiger partial charge >= 0.3 is 5.97 Å². The van der Waals surface area contributed by atoms with Crippen LogP contribution in [0.5, 0.6) is 0 Å². The minimum absolute atomic E-state index is 0.236. The normalized spacial score (nSPS) is 24.1. The van der Waals surface area contributed by atoms with Gasteiger partial charge in [-0.3, -0.25) is 4.79 Å². The molecule has 1 N–H and O–H groups in total. The van der Waals surface area contributed by atoms with Gasteiger partial charge in [0.15, 0.2) is 4.21 Å². The predicted molar refractivity (Wildman–Crippen MR) is 75.3 cm³/mol. The third kappa shape index (κ3) is 2.47. The molecule has 112 valence electrons. The van der Waals surface area contributed by atoms with Crippen LogP contribution >= 0.6 is 11.3 Å². The van der Waals surface area contributed by atoms with E-state index in [0.717, 1.165) is 11.3 Å². The van der Waals surface area contributed by atoms with Crippen molar-refractivity contribution in [2.24, 2.45) is 5.92 Å². The lowest BCUT2D eigenvalue weighted by Crippen LogP contribution is -2.39. The number of hydrogen-bond acceptors (Lipinski definition) is 5. The summed E-state index contributed by atoms with van der Waals surface area (Å²) in [5.74, 6) is -1.55. The fraction of sp³-hybridized carbons (Fsp3) is 0.667. The van der Waals surface area contributed by atoms with Crippen molar-refractivity contribution in [1.82, 2.24) is 9.29 Å². The number of rotatable bonds is 4. The van der Waals surface area contributed by atoms with E-state index in [1.165, 1.54) is 4.31 Å². The van der Waals surface area contributed by atoms with Crippen LogP contribution in [0, 0.1) is 19.8 Å². The molecule has 1 fully saturated rings. The maximum Gasteiger partial charge on any atom is 0.308 e. The van der Waals surface area contributed by atoms with Crippen LogP contribution in [0.25, 0.3) is 0 Å². The van der Waals surface area contributed by atoms with Crippen LogP contribution in [-0.4, -0.2) is 41.4 Å². The first-order chi connectivity index (χ1) is 9.28. The van der Waals surface area contributed by atoms with Crippen LogP contribution in [0.2, 0.25) is 0 Å². The minimum Gasteiger partial charge on any atom is -0.481 e. The molecule has 1 aliphatic rings. The third-order valence-corrected chi connectivity index (χ3v) is 7.22. The Labute approximate surface area is 122 Å². The van der Waals surface area contributed by atoms with Crippen molar-refractivity contribution in [1.29, 1.82) is 0 Å². The van der Waals surface area contributed by atoms with Crippen molar-refractivity contribution in [3.8, 4) is 0 Å². The predicted octanol–water partition coefficient (Wildman–Crippen LogP) is 1.63. The number of carboxylic acids is 1. The second-order valence-corrected chi connectivity index (χ2v) is 8.22. The monoisotopic (exact) mass is 318 g/mol. The van der Waals surface area contributed by atoms with Gasteiger partial charge in [0.1, 0.15) is 0 Å². The molecule has 6 nitrogen and oxygen atoms in total. The average molecular weight is 318 g/mol. The maximum atomic E-state index is 12.7. The molecule has 1 aliphatic heterocycles. The van der Waals surface area contributed by atoms with Gasteiger partial charge in [-0.1, -0.05) is 6.92 Å². The van der Waals surface area contributed by atoms with E-state index in [2.05, 4.69) is 4.98 Å². The van der Waals surface area contributed by atoms with E-state index >= 15 is 0 Å². The Balaban J connectivity index is 2.40. The fourth-order valence-corrected chi connectivity index (χ4v) is 6.10. The minimum atomic E-state index is -3.65. The summed E-state index contributed by atoms with van der Waals surface area (Å²) in [5, 5.41) is 9.89. The molecule has 2 heterocycles. The second-order valence-electron chi connectivity index (χ2n) is 4.93. The summed E-state index contributed by atoms with van der Waals surface area (Å²) in [5.41, 5.74) is 0.487. The molecule has 0 bridgehead atoms. The summed E-state index contributed by atoms with van der Waals surface area (Å²) in [6.45, 7) is 5.51. The van der Waals surface area contributed by atoms with Crippen molar-refractivity contribution in [2.75, 3.05) is 6.54 Å². The molecule has 2 unspecified atom stereocenters. The van der Waals surface area contributed by atoms with E-state index in [0.29, 0.717) is 23.5 Å². The van der Waals surface area contributed by atoms with Gasteiger partial charge in [-0.05, 0) is 26.7 Å². The summed E-state index contributed by atoms with van der Waals surface area (Å²) < 4.78 is 27.0. The first-order valence-electron chi connectivity index (χ1n) is 6.47. The Hall–Kier alpha value is -0.990. The fourth-order valence-electron chi connectivity index (χ4n) is 2.76. The first-order valence-corrected chi connectivity index (χ1v) is 8.73. The molecule has 8 heteroatoms. The Morgan fingerprint density at radius 3 is 2.60 bits per heavy atom. The molecule has 0 amide bonds. The molecule has 2 atom stereocenters. The van der Waals surface area contributed by atoms with Crippen LogP contribution in [0.15, 0.2) is 4.21 Å². The standard InChI is InChI=1S/C12H18N2O4S2/c1-4-10-9(11(15)16)5-6-14(10)20(17,18)12-7(2)13-8(3)19-12/h9-10H,4-6H2,1-3H3,(H,15,16). The zero-order valence-electron chi connectivity index (χ0n) is 11.7. The van der Waals surface area contributed by atoms with Crippen LogP contribution < -0.4 is 0 Å². The van der Waals surface area contributed by atoms with Crippen molar-refractivity contribution in [2.45, 2.75) is 43.9 Å². The van der Waals surface area contributed by atoms with Gasteiger partial charge in [0.25, 0.3) is 10.0 Å². The largest absolute Gasteiger partial charge is 0.481 e. The van der Waals surface area contributed by atoms with Gasteiger partial charge in [0, 0.05) is 12.6 Å². The van der Waals surface area contributed by atoms with E-state index in [-0.39, 0.29) is 10.8 Å². The summed E-state index contributed by atoms with van der Waals surface area (Å²) in [7, 11) is -3.65. The average Bonchev–Trinajstić information content (AvgIpc) is 2.92. The van der Waals surface area contributed by atoms with E-state index in [9.17, 15) is 18.3 Å². The molecule has 0 radical (unpaired) electrons. The summed E-state index contributed by atoms with van der Waals surface area (Å²) in [4.78, 5) is 15.4. The number of nitrogens with zero attached hydrogens (tertiary/aromatic N) is 2.